The van der Waals surface area contributed by atoms with Gasteiger partial charge in [-0.15, -0.1) is 5.10 Å². The summed E-state index contributed by atoms with van der Waals surface area (Å²) in [5.74, 6) is 1.11. The molecule has 148 valence electrons. The molecular weight excluding hydrogens is 380 g/mol. The van der Waals surface area contributed by atoms with Gasteiger partial charge in [-0.25, -0.2) is 4.68 Å². The average molecular weight is 405 g/mol. The topological polar surface area (TPSA) is 62.7 Å². The van der Waals surface area contributed by atoms with Gasteiger partial charge in [-0.05, 0) is 54.7 Å². The van der Waals surface area contributed by atoms with Crippen LogP contribution in [0.5, 0.6) is 0 Å². The van der Waals surface area contributed by atoms with E-state index in [4.69, 9.17) is 17.3 Å². The van der Waals surface area contributed by atoms with Crippen LogP contribution in [0, 0.1) is 16.1 Å². The number of nitriles is 1. The number of benzene rings is 1. The van der Waals surface area contributed by atoms with Crippen LogP contribution in [0.4, 0.5) is 0 Å². The third-order valence-corrected chi connectivity index (χ3v) is 5.60. The molecule has 29 heavy (non-hydrogen) atoms. The molecule has 2 aromatic heterocycles. The van der Waals surface area contributed by atoms with Gasteiger partial charge in [0.1, 0.15) is 0 Å². The molecule has 7 heteroatoms. The quantitative estimate of drug-likeness (QED) is 0.427. The van der Waals surface area contributed by atoms with Gasteiger partial charge in [-0.1, -0.05) is 32.0 Å². The highest BCUT2D eigenvalue weighted by Gasteiger charge is 2.30. The summed E-state index contributed by atoms with van der Waals surface area (Å²) in [6.07, 6.45) is 5.82. The fourth-order valence-electron chi connectivity index (χ4n) is 3.58. The minimum Gasteiger partial charge on any atom is -0.268 e. The van der Waals surface area contributed by atoms with E-state index in [0.717, 1.165) is 29.9 Å². The van der Waals surface area contributed by atoms with Crippen LogP contribution >= 0.6 is 12.2 Å². The first kappa shape index (κ1) is 19.5. The maximum atomic E-state index is 9.21. The Bertz CT molecular complexity index is 1090. The number of aromatic nitrogens is 4. The second kappa shape index (κ2) is 8.27. The van der Waals surface area contributed by atoms with E-state index < -0.39 is 0 Å². The summed E-state index contributed by atoms with van der Waals surface area (Å²) in [5.41, 5.74) is 3.16. The molecule has 0 atom stereocenters. The minimum atomic E-state index is 0.347. The Morgan fingerprint density at radius 1 is 1.24 bits per heavy atom. The van der Waals surface area contributed by atoms with Crippen molar-refractivity contribution >= 4 is 12.2 Å². The van der Waals surface area contributed by atoms with E-state index in [1.165, 1.54) is 5.56 Å². The zero-order chi connectivity index (χ0) is 20.4. The average Bonchev–Trinajstić information content (AvgIpc) is 3.53. The summed E-state index contributed by atoms with van der Waals surface area (Å²) in [7, 11) is 0. The van der Waals surface area contributed by atoms with E-state index in [1.807, 2.05) is 33.6 Å². The van der Waals surface area contributed by atoms with Gasteiger partial charge in [0.25, 0.3) is 0 Å². The molecule has 0 aliphatic heterocycles. The molecule has 0 spiro atoms. The zero-order valence-electron chi connectivity index (χ0n) is 16.7. The van der Waals surface area contributed by atoms with Crippen LogP contribution in [0.3, 0.4) is 0 Å². The SMILES string of the molecule is CC(C)c1ccccc1-n1c(-c2cccnc2)nn(CN(CC#N)C2CC2)c1=S. The lowest BCUT2D eigenvalue weighted by Gasteiger charge is -2.18. The van der Waals surface area contributed by atoms with Gasteiger partial charge in [0.15, 0.2) is 5.82 Å². The lowest BCUT2D eigenvalue weighted by molar-refractivity contribution is 0.220. The molecular formula is C22H24N6S. The van der Waals surface area contributed by atoms with Crippen molar-refractivity contribution < 1.29 is 0 Å². The molecule has 1 aliphatic rings. The van der Waals surface area contributed by atoms with Crippen molar-refractivity contribution in [2.45, 2.75) is 45.3 Å². The Morgan fingerprint density at radius 2 is 2.03 bits per heavy atom. The number of rotatable bonds is 7. The summed E-state index contributed by atoms with van der Waals surface area (Å²) in [4.78, 5) is 6.42. The first-order chi connectivity index (χ1) is 14.1. The van der Waals surface area contributed by atoms with Crippen LogP contribution in [-0.2, 0) is 6.67 Å². The zero-order valence-corrected chi connectivity index (χ0v) is 17.5. The Hall–Kier alpha value is -2.82. The number of pyridine rings is 1. The first-order valence-electron chi connectivity index (χ1n) is 9.90. The van der Waals surface area contributed by atoms with Crippen molar-refractivity contribution in [3.8, 4) is 23.1 Å². The molecule has 0 radical (unpaired) electrons. The van der Waals surface area contributed by atoms with Gasteiger partial charge in [0.2, 0.25) is 4.77 Å². The lowest BCUT2D eigenvalue weighted by atomic mass is 10.0. The third kappa shape index (κ3) is 4.00. The summed E-state index contributed by atoms with van der Waals surface area (Å²) >= 11 is 5.88. The van der Waals surface area contributed by atoms with Crippen molar-refractivity contribution in [1.29, 1.82) is 5.26 Å². The predicted octanol–water partition coefficient (Wildman–Crippen LogP) is 4.53. The van der Waals surface area contributed by atoms with E-state index >= 15 is 0 Å². The largest absolute Gasteiger partial charge is 0.268 e. The molecule has 0 N–H and O–H groups in total. The van der Waals surface area contributed by atoms with Gasteiger partial charge in [-0.2, -0.15) is 5.26 Å². The van der Waals surface area contributed by atoms with Gasteiger partial charge in [-0.3, -0.25) is 14.5 Å². The minimum absolute atomic E-state index is 0.347. The van der Waals surface area contributed by atoms with E-state index in [9.17, 15) is 5.26 Å². The van der Waals surface area contributed by atoms with E-state index in [0.29, 0.717) is 29.9 Å². The predicted molar refractivity (Wildman–Crippen MR) is 115 cm³/mol. The van der Waals surface area contributed by atoms with Gasteiger partial charge in [0.05, 0.1) is 25.0 Å². The Morgan fingerprint density at radius 3 is 2.69 bits per heavy atom. The third-order valence-electron chi connectivity index (χ3n) is 5.21. The number of hydrogen-bond acceptors (Lipinski definition) is 5. The number of hydrogen-bond donors (Lipinski definition) is 0. The van der Waals surface area contributed by atoms with E-state index in [2.05, 4.69) is 48.0 Å². The van der Waals surface area contributed by atoms with Crippen LogP contribution in [0.15, 0.2) is 48.8 Å². The van der Waals surface area contributed by atoms with Crippen molar-refractivity contribution in [1.82, 2.24) is 24.2 Å². The fourth-order valence-corrected chi connectivity index (χ4v) is 3.86. The molecule has 4 rings (SSSR count). The van der Waals surface area contributed by atoms with Crippen molar-refractivity contribution in [2.75, 3.05) is 6.54 Å². The van der Waals surface area contributed by atoms with Crippen LogP contribution in [-0.4, -0.2) is 36.8 Å². The molecule has 2 heterocycles. The molecule has 0 saturated heterocycles. The Labute approximate surface area is 176 Å². The second-order valence-corrected chi connectivity index (χ2v) is 8.04. The highest BCUT2D eigenvalue weighted by atomic mass is 32.1. The van der Waals surface area contributed by atoms with E-state index in [1.54, 1.807) is 6.20 Å². The van der Waals surface area contributed by atoms with Crippen molar-refractivity contribution in [2.24, 2.45) is 0 Å². The summed E-state index contributed by atoms with van der Waals surface area (Å²) in [6, 6.07) is 14.9. The molecule has 1 saturated carbocycles. The van der Waals surface area contributed by atoms with Crippen molar-refractivity contribution in [3.05, 3.63) is 59.1 Å². The molecule has 0 bridgehead atoms. The molecule has 1 fully saturated rings. The first-order valence-corrected chi connectivity index (χ1v) is 10.3. The lowest BCUT2D eigenvalue weighted by Crippen LogP contribution is -2.29. The van der Waals surface area contributed by atoms with Crippen LogP contribution in [0.2, 0.25) is 0 Å². The molecule has 3 aromatic rings. The van der Waals surface area contributed by atoms with Gasteiger partial charge >= 0.3 is 0 Å². The number of para-hydroxylation sites is 1. The standard InChI is InChI=1S/C22H24N6S/c1-16(2)19-7-3-4-8-20(19)28-21(17-6-5-12-24-14-17)25-27(22(28)29)15-26(13-11-23)18-9-10-18/h3-8,12,14,16,18H,9-10,13,15H2,1-2H3. The summed E-state index contributed by atoms with van der Waals surface area (Å²) in [5, 5.41) is 14.1. The van der Waals surface area contributed by atoms with Crippen molar-refractivity contribution in [3.63, 3.8) is 0 Å². The molecule has 0 unspecified atom stereocenters. The Balaban J connectivity index is 1.87. The van der Waals surface area contributed by atoms with Crippen LogP contribution < -0.4 is 0 Å². The van der Waals surface area contributed by atoms with Gasteiger partial charge in [0, 0.05) is 24.0 Å². The summed E-state index contributed by atoms with van der Waals surface area (Å²) < 4.78 is 4.50. The monoisotopic (exact) mass is 404 g/mol. The molecule has 1 aliphatic carbocycles. The normalized spacial score (nSPS) is 13.8. The smallest absolute Gasteiger partial charge is 0.204 e. The highest BCUT2D eigenvalue weighted by Crippen LogP contribution is 2.30. The molecule has 1 aromatic carbocycles. The van der Waals surface area contributed by atoms with E-state index in [-0.39, 0.29) is 0 Å². The van der Waals surface area contributed by atoms with Gasteiger partial charge < -0.3 is 0 Å². The summed E-state index contributed by atoms with van der Waals surface area (Å²) in [6.45, 7) is 5.25. The molecule has 6 nitrogen and oxygen atoms in total. The molecule has 0 amide bonds. The maximum Gasteiger partial charge on any atom is 0.204 e. The van der Waals surface area contributed by atoms with Crippen LogP contribution in [0.1, 0.15) is 38.2 Å². The Kier molecular flexibility index (Phi) is 5.56. The number of nitrogens with zero attached hydrogens (tertiary/aromatic N) is 6. The van der Waals surface area contributed by atoms with Crippen LogP contribution in [0.25, 0.3) is 17.1 Å². The second-order valence-electron chi connectivity index (χ2n) is 7.67. The maximum absolute atomic E-state index is 9.21. The highest BCUT2D eigenvalue weighted by molar-refractivity contribution is 7.71. The fraction of sp³-hybridized carbons (Fsp3) is 0.364.